The van der Waals surface area contributed by atoms with E-state index in [0.717, 1.165) is 24.9 Å². The van der Waals surface area contributed by atoms with E-state index in [4.69, 9.17) is 0 Å². The van der Waals surface area contributed by atoms with Crippen molar-refractivity contribution >= 4 is 21.4 Å². The van der Waals surface area contributed by atoms with Gasteiger partial charge in [-0.2, -0.15) is 0 Å². The minimum Gasteiger partial charge on any atom is -0.307 e. The van der Waals surface area contributed by atoms with Crippen molar-refractivity contribution in [1.29, 1.82) is 0 Å². The number of anilines is 1. The Morgan fingerprint density at radius 2 is 1.76 bits per heavy atom. The van der Waals surface area contributed by atoms with Crippen LogP contribution in [0.5, 0.6) is 0 Å². The van der Waals surface area contributed by atoms with E-state index >= 15 is 0 Å². The van der Waals surface area contributed by atoms with Crippen molar-refractivity contribution < 1.29 is 13.2 Å². The van der Waals surface area contributed by atoms with Crippen LogP contribution >= 0.6 is 0 Å². The highest BCUT2D eigenvalue weighted by molar-refractivity contribution is 7.91. The molecule has 0 bridgehead atoms. The summed E-state index contributed by atoms with van der Waals surface area (Å²) >= 11 is 0. The van der Waals surface area contributed by atoms with Crippen molar-refractivity contribution in [3.63, 3.8) is 0 Å². The standard InChI is InChI=1S/C23H28N2O3S/c1-24(22-13-7-9-18-8-5-6-12-21(18)22)16-23(26)25(19-10-3-2-4-11-19)20-14-15-29(27,28)17-20/h2-6,8,10-12,20,22H,7,9,13-17H2,1H3. The van der Waals surface area contributed by atoms with Crippen LogP contribution in [-0.4, -0.2) is 50.4 Å². The highest BCUT2D eigenvalue weighted by Crippen LogP contribution is 2.34. The number of carbonyl (C=O) groups excluding carboxylic acids is 1. The SMILES string of the molecule is CN(CC(=O)N(c1ccccc1)C1CCS(=O)(=O)C1)C1CCCc2ccccc21. The van der Waals surface area contributed by atoms with Crippen molar-refractivity contribution in [2.45, 2.75) is 37.8 Å². The van der Waals surface area contributed by atoms with Crippen LogP contribution in [0.25, 0.3) is 0 Å². The van der Waals surface area contributed by atoms with E-state index in [1.165, 1.54) is 11.1 Å². The molecule has 2 unspecified atom stereocenters. The molecule has 0 spiro atoms. The number of aryl methyl sites for hydroxylation is 1. The molecule has 1 heterocycles. The summed E-state index contributed by atoms with van der Waals surface area (Å²) in [5.74, 6) is 0.160. The van der Waals surface area contributed by atoms with Crippen molar-refractivity contribution in [1.82, 2.24) is 4.90 Å². The molecule has 1 fully saturated rings. The number of hydrogen-bond acceptors (Lipinski definition) is 4. The number of amides is 1. The molecule has 1 aliphatic carbocycles. The number of carbonyl (C=O) groups is 1. The van der Waals surface area contributed by atoms with E-state index in [9.17, 15) is 13.2 Å². The fourth-order valence-electron chi connectivity index (χ4n) is 4.71. The summed E-state index contributed by atoms with van der Waals surface area (Å²) in [5.41, 5.74) is 3.45. The second-order valence-corrected chi connectivity index (χ2v) is 10.4. The molecule has 2 atom stereocenters. The van der Waals surface area contributed by atoms with E-state index < -0.39 is 9.84 Å². The molecule has 0 radical (unpaired) electrons. The van der Waals surface area contributed by atoms with Gasteiger partial charge in [0.25, 0.3) is 0 Å². The molecule has 29 heavy (non-hydrogen) atoms. The molecular formula is C23H28N2O3S. The lowest BCUT2D eigenvalue weighted by Gasteiger charge is -2.35. The Morgan fingerprint density at radius 1 is 1.03 bits per heavy atom. The molecule has 4 rings (SSSR count). The van der Waals surface area contributed by atoms with Gasteiger partial charge in [0.15, 0.2) is 9.84 Å². The van der Waals surface area contributed by atoms with E-state index in [1.807, 2.05) is 37.4 Å². The molecule has 0 aromatic heterocycles. The van der Waals surface area contributed by atoms with Gasteiger partial charge in [-0.15, -0.1) is 0 Å². The van der Waals surface area contributed by atoms with Gasteiger partial charge in [-0.25, -0.2) is 8.42 Å². The lowest BCUT2D eigenvalue weighted by molar-refractivity contribution is -0.120. The molecule has 1 saturated heterocycles. The second kappa shape index (κ2) is 8.28. The first kappa shape index (κ1) is 20.1. The smallest absolute Gasteiger partial charge is 0.241 e. The van der Waals surface area contributed by atoms with Crippen molar-refractivity contribution in [3.8, 4) is 0 Å². The van der Waals surface area contributed by atoms with Gasteiger partial charge in [0, 0.05) is 11.7 Å². The summed E-state index contributed by atoms with van der Waals surface area (Å²) in [6.07, 6.45) is 3.73. The van der Waals surface area contributed by atoms with Crippen LogP contribution in [-0.2, 0) is 21.1 Å². The van der Waals surface area contributed by atoms with Crippen LogP contribution in [0.1, 0.15) is 36.4 Å². The summed E-state index contributed by atoms with van der Waals surface area (Å²) in [6, 6.07) is 17.9. The van der Waals surface area contributed by atoms with E-state index in [1.54, 1.807) is 4.90 Å². The summed E-state index contributed by atoms with van der Waals surface area (Å²) in [5, 5.41) is 0. The number of fused-ring (bicyclic) bond motifs is 1. The summed E-state index contributed by atoms with van der Waals surface area (Å²) in [6.45, 7) is 0.268. The molecule has 5 nitrogen and oxygen atoms in total. The molecule has 2 aromatic rings. The zero-order chi connectivity index (χ0) is 20.4. The average Bonchev–Trinajstić information content (AvgIpc) is 3.07. The first-order valence-corrected chi connectivity index (χ1v) is 12.1. The molecule has 0 N–H and O–H groups in total. The molecule has 2 aliphatic rings. The Kier molecular flexibility index (Phi) is 5.74. The van der Waals surface area contributed by atoms with Gasteiger partial charge in [-0.1, -0.05) is 42.5 Å². The molecule has 0 saturated carbocycles. The van der Waals surface area contributed by atoms with Crippen molar-refractivity contribution in [2.24, 2.45) is 0 Å². The third kappa shape index (κ3) is 4.38. The monoisotopic (exact) mass is 412 g/mol. The summed E-state index contributed by atoms with van der Waals surface area (Å²) < 4.78 is 24.1. The first-order valence-electron chi connectivity index (χ1n) is 10.3. The van der Waals surface area contributed by atoms with Gasteiger partial charge in [0.05, 0.1) is 24.1 Å². The van der Waals surface area contributed by atoms with Crippen LogP contribution < -0.4 is 4.90 Å². The topological polar surface area (TPSA) is 57.7 Å². The van der Waals surface area contributed by atoms with Crippen molar-refractivity contribution in [2.75, 3.05) is 30.0 Å². The molecule has 2 aromatic carbocycles. The van der Waals surface area contributed by atoms with Gasteiger partial charge in [-0.3, -0.25) is 9.69 Å². The van der Waals surface area contributed by atoms with E-state index in [-0.39, 0.29) is 36.0 Å². The normalized spacial score (nSPS) is 23.0. The predicted molar refractivity (Wildman–Crippen MR) is 116 cm³/mol. The first-order chi connectivity index (χ1) is 13.9. The van der Waals surface area contributed by atoms with E-state index in [0.29, 0.717) is 6.42 Å². The van der Waals surface area contributed by atoms with Crippen LogP contribution in [0.4, 0.5) is 5.69 Å². The van der Waals surface area contributed by atoms with Crippen LogP contribution in [0.2, 0.25) is 0 Å². The van der Waals surface area contributed by atoms with Gasteiger partial charge in [0.1, 0.15) is 0 Å². The molecule has 1 aliphatic heterocycles. The number of hydrogen-bond donors (Lipinski definition) is 0. The quantitative estimate of drug-likeness (QED) is 0.757. The largest absolute Gasteiger partial charge is 0.307 e. The maximum Gasteiger partial charge on any atom is 0.241 e. The molecule has 154 valence electrons. The maximum atomic E-state index is 13.4. The minimum atomic E-state index is -3.08. The second-order valence-electron chi connectivity index (χ2n) is 8.18. The molecule has 6 heteroatoms. The Hall–Kier alpha value is -2.18. The Morgan fingerprint density at radius 3 is 2.48 bits per heavy atom. The van der Waals surface area contributed by atoms with Crippen LogP contribution in [0.3, 0.4) is 0 Å². The Bertz CT molecular complexity index is 975. The number of benzene rings is 2. The zero-order valence-electron chi connectivity index (χ0n) is 16.8. The highest BCUT2D eigenvalue weighted by Gasteiger charge is 2.36. The maximum absolute atomic E-state index is 13.4. The third-order valence-corrected chi connectivity index (χ3v) is 7.88. The number of nitrogens with zero attached hydrogens (tertiary/aromatic N) is 2. The lowest BCUT2D eigenvalue weighted by atomic mass is 9.87. The number of sulfone groups is 1. The fraction of sp³-hybridized carbons (Fsp3) is 0.435. The Labute approximate surface area is 173 Å². The third-order valence-electron chi connectivity index (χ3n) is 6.13. The number of rotatable bonds is 5. The van der Waals surface area contributed by atoms with Gasteiger partial charge in [-0.05, 0) is 56.0 Å². The average molecular weight is 413 g/mol. The zero-order valence-corrected chi connectivity index (χ0v) is 17.6. The predicted octanol–water partition coefficient (Wildman–Crippen LogP) is 3.22. The summed E-state index contributed by atoms with van der Waals surface area (Å²) in [7, 11) is -1.08. The van der Waals surface area contributed by atoms with Crippen LogP contribution in [0.15, 0.2) is 54.6 Å². The molecular weight excluding hydrogens is 384 g/mol. The Balaban J connectivity index is 1.56. The van der Waals surface area contributed by atoms with Gasteiger partial charge >= 0.3 is 0 Å². The molecule has 1 amide bonds. The van der Waals surface area contributed by atoms with Gasteiger partial charge in [0.2, 0.25) is 5.91 Å². The number of likely N-dealkylation sites (N-methyl/N-ethyl adjacent to an activating group) is 1. The highest BCUT2D eigenvalue weighted by atomic mass is 32.2. The lowest BCUT2D eigenvalue weighted by Crippen LogP contribution is -2.46. The van der Waals surface area contributed by atoms with Crippen molar-refractivity contribution in [3.05, 3.63) is 65.7 Å². The number of para-hydroxylation sites is 1. The fourth-order valence-corrected chi connectivity index (χ4v) is 6.41. The van der Waals surface area contributed by atoms with Gasteiger partial charge < -0.3 is 4.90 Å². The summed E-state index contributed by atoms with van der Waals surface area (Å²) in [4.78, 5) is 17.2. The minimum absolute atomic E-state index is 0.0381. The van der Waals surface area contributed by atoms with E-state index in [2.05, 4.69) is 29.2 Å². The van der Waals surface area contributed by atoms with Crippen LogP contribution in [0, 0.1) is 0 Å².